The molecule has 0 spiro atoms. The first kappa shape index (κ1) is 20.6. The molecular formula is C25H30N4S. The van der Waals surface area contributed by atoms with Gasteiger partial charge < -0.3 is 14.8 Å². The summed E-state index contributed by atoms with van der Waals surface area (Å²) < 4.78 is 2.38. The number of pyridine rings is 1. The van der Waals surface area contributed by atoms with Gasteiger partial charge in [-0.15, -0.1) is 0 Å². The molecule has 0 amide bonds. The molecular weight excluding hydrogens is 388 g/mol. The van der Waals surface area contributed by atoms with Gasteiger partial charge in [0.1, 0.15) is 0 Å². The SMILES string of the molecule is Cc1ccc(C)c(-n2c(C)cc([C@H]3[C@H](c4ccccn4)NC(=S)N3C(C)C)c2C)c1. The second-order valence-corrected chi connectivity index (χ2v) is 8.97. The second-order valence-electron chi connectivity index (χ2n) is 8.58. The minimum absolute atomic E-state index is 0.0219. The Kier molecular flexibility index (Phi) is 5.41. The molecule has 4 nitrogen and oxygen atoms in total. The Balaban J connectivity index is 1.88. The Bertz CT molecular complexity index is 1080. The van der Waals surface area contributed by atoms with Crippen LogP contribution in [0.3, 0.4) is 0 Å². The van der Waals surface area contributed by atoms with Crippen molar-refractivity contribution in [1.29, 1.82) is 0 Å². The standard InChI is InChI=1S/C25H30N4S/c1-15(2)28-24(23(27-25(28)30)21-9-7-8-12-26-21)20-14-18(5)29(19(20)6)22-13-16(3)10-11-17(22)4/h7-15,23-24H,1-6H3,(H,27,30)/t23-,24-/m0/s1. The van der Waals surface area contributed by atoms with Crippen molar-refractivity contribution in [1.82, 2.24) is 19.8 Å². The Labute approximate surface area is 184 Å². The first-order chi connectivity index (χ1) is 14.3. The molecule has 156 valence electrons. The lowest BCUT2D eigenvalue weighted by Gasteiger charge is -2.31. The highest BCUT2D eigenvalue weighted by Crippen LogP contribution is 2.42. The van der Waals surface area contributed by atoms with Crippen LogP contribution >= 0.6 is 12.2 Å². The van der Waals surface area contributed by atoms with Crippen molar-refractivity contribution in [3.8, 4) is 5.69 Å². The fraction of sp³-hybridized carbons (Fsp3) is 0.360. The smallest absolute Gasteiger partial charge is 0.170 e. The van der Waals surface area contributed by atoms with Crippen LogP contribution in [0.5, 0.6) is 0 Å². The van der Waals surface area contributed by atoms with Gasteiger partial charge >= 0.3 is 0 Å². The summed E-state index contributed by atoms with van der Waals surface area (Å²) in [7, 11) is 0. The zero-order valence-electron chi connectivity index (χ0n) is 18.6. The van der Waals surface area contributed by atoms with Crippen molar-refractivity contribution in [2.45, 2.75) is 59.7 Å². The van der Waals surface area contributed by atoms with Crippen molar-refractivity contribution in [3.05, 3.63) is 82.4 Å². The summed E-state index contributed by atoms with van der Waals surface area (Å²) in [6.45, 7) is 13.1. The van der Waals surface area contributed by atoms with Crippen molar-refractivity contribution in [2.24, 2.45) is 0 Å². The van der Waals surface area contributed by atoms with Crippen LogP contribution in [0.15, 0.2) is 48.7 Å². The molecule has 1 aliphatic rings. The van der Waals surface area contributed by atoms with Gasteiger partial charge in [-0.05, 0) is 94.7 Å². The van der Waals surface area contributed by atoms with Gasteiger partial charge in [0.25, 0.3) is 0 Å². The second kappa shape index (κ2) is 7.88. The average Bonchev–Trinajstić information content (AvgIpc) is 3.20. The zero-order valence-corrected chi connectivity index (χ0v) is 19.4. The number of benzene rings is 1. The minimum atomic E-state index is 0.0219. The number of rotatable bonds is 4. The van der Waals surface area contributed by atoms with E-state index < -0.39 is 0 Å². The van der Waals surface area contributed by atoms with Crippen LogP contribution < -0.4 is 5.32 Å². The maximum absolute atomic E-state index is 5.77. The van der Waals surface area contributed by atoms with Crippen LogP contribution in [0.4, 0.5) is 0 Å². The molecule has 1 saturated heterocycles. The van der Waals surface area contributed by atoms with Crippen molar-refractivity contribution < 1.29 is 0 Å². The summed E-state index contributed by atoms with van der Waals surface area (Å²) >= 11 is 5.77. The van der Waals surface area contributed by atoms with Gasteiger partial charge in [0.05, 0.1) is 17.8 Å². The van der Waals surface area contributed by atoms with E-state index in [0.29, 0.717) is 0 Å². The fourth-order valence-electron chi connectivity index (χ4n) is 4.67. The van der Waals surface area contributed by atoms with E-state index in [-0.39, 0.29) is 18.1 Å². The molecule has 0 bridgehead atoms. The third-order valence-corrected chi connectivity index (χ3v) is 6.41. The van der Waals surface area contributed by atoms with E-state index in [1.54, 1.807) is 0 Å². The Hall–Kier alpha value is -2.66. The number of aryl methyl sites for hydroxylation is 3. The summed E-state index contributed by atoms with van der Waals surface area (Å²) in [6.07, 6.45) is 1.86. The summed E-state index contributed by atoms with van der Waals surface area (Å²) in [5.41, 5.74) is 8.59. The monoisotopic (exact) mass is 418 g/mol. The van der Waals surface area contributed by atoms with E-state index in [1.165, 1.54) is 33.8 Å². The van der Waals surface area contributed by atoms with Crippen LogP contribution in [-0.4, -0.2) is 25.6 Å². The van der Waals surface area contributed by atoms with E-state index in [4.69, 9.17) is 12.2 Å². The summed E-state index contributed by atoms with van der Waals surface area (Å²) in [4.78, 5) is 6.98. The summed E-state index contributed by atoms with van der Waals surface area (Å²) in [5, 5.41) is 4.35. The Morgan fingerprint density at radius 3 is 2.47 bits per heavy atom. The molecule has 3 aromatic rings. The number of hydrogen-bond acceptors (Lipinski definition) is 2. The van der Waals surface area contributed by atoms with Crippen LogP contribution in [0.2, 0.25) is 0 Å². The molecule has 0 radical (unpaired) electrons. The minimum Gasteiger partial charge on any atom is -0.352 e. The lowest BCUT2D eigenvalue weighted by molar-refractivity contribution is 0.269. The average molecular weight is 419 g/mol. The first-order valence-electron chi connectivity index (χ1n) is 10.6. The van der Waals surface area contributed by atoms with E-state index >= 15 is 0 Å². The zero-order chi connectivity index (χ0) is 21.6. The molecule has 1 N–H and O–H groups in total. The van der Waals surface area contributed by atoms with Crippen LogP contribution in [0.25, 0.3) is 5.69 Å². The molecule has 2 atom stereocenters. The Morgan fingerprint density at radius 1 is 1.03 bits per heavy atom. The highest BCUT2D eigenvalue weighted by Gasteiger charge is 2.42. The molecule has 0 unspecified atom stereocenters. The van der Waals surface area contributed by atoms with E-state index in [9.17, 15) is 0 Å². The number of nitrogens with zero attached hydrogens (tertiary/aromatic N) is 3. The predicted molar refractivity (Wildman–Crippen MR) is 127 cm³/mol. The van der Waals surface area contributed by atoms with Gasteiger partial charge in [-0.25, -0.2) is 0 Å². The highest BCUT2D eigenvalue weighted by atomic mass is 32.1. The lowest BCUT2D eigenvalue weighted by atomic mass is 9.96. The summed E-state index contributed by atoms with van der Waals surface area (Å²) in [6, 6.07) is 15.5. The third-order valence-electron chi connectivity index (χ3n) is 6.09. The molecule has 3 heterocycles. The van der Waals surface area contributed by atoms with Gasteiger partial charge in [0, 0.05) is 29.3 Å². The van der Waals surface area contributed by atoms with E-state index in [2.05, 4.69) is 91.6 Å². The summed E-state index contributed by atoms with van der Waals surface area (Å²) in [5.74, 6) is 0. The van der Waals surface area contributed by atoms with Crippen molar-refractivity contribution in [3.63, 3.8) is 0 Å². The topological polar surface area (TPSA) is 33.1 Å². The van der Waals surface area contributed by atoms with Crippen LogP contribution in [-0.2, 0) is 0 Å². The molecule has 0 aliphatic carbocycles. The van der Waals surface area contributed by atoms with Crippen molar-refractivity contribution in [2.75, 3.05) is 0 Å². The van der Waals surface area contributed by atoms with Gasteiger partial charge in [-0.1, -0.05) is 18.2 Å². The van der Waals surface area contributed by atoms with E-state index in [1.807, 2.05) is 18.3 Å². The third kappa shape index (κ3) is 3.41. The first-order valence-corrected chi connectivity index (χ1v) is 11.0. The molecule has 30 heavy (non-hydrogen) atoms. The molecule has 1 aromatic carbocycles. The highest BCUT2D eigenvalue weighted by molar-refractivity contribution is 7.80. The normalized spacial score (nSPS) is 18.9. The largest absolute Gasteiger partial charge is 0.352 e. The van der Waals surface area contributed by atoms with Gasteiger partial charge in [0.15, 0.2) is 5.11 Å². The number of aromatic nitrogens is 2. The maximum Gasteiger partial charge on any atom is 0.170 e. The molecule has 0 saturated carbocycles. The predicted octanol–water partition coefficient (Wildman–Crippen LogP) is 5.49. The lowest BCUT2D eigenvalue weighted by Crippen LogP contribution is -2.35. The molecule has 5 heteroatoms. The Morgan fingerprint density at radius 2 is 1.80 bits per heavy atom. The fourth-order valence-corrected chi connectivity index (χ4v) is 5.12. The molecule has 4 rings (SSSR count). The molecule has 2 aromatic heterocycles. The number of nitrogens with one attached hydrogen (secondary N) is 1. The number of hydrogen-bond donors (Lipinski definition) is 1. The molecule has 1 aliphatic heterocycles. The van der Waals surface area contributed by atoms with Crippen LogP contribution in [0.1, 0.15) is 59.7 Å². The number of thiocarbonyl (C=S) groups is 1. The van der Waals surface area contributed by atoms with Crippen LogP contribution in [0, 0.1) is 27.7 Å². The van der Waals surface area contributed by atoms with E-state index in [0.717, 1.165) is 10.8 Å². The van der Waals surface area contributed by atoms with Gasteiger partial charge in [-0.3, -0.25) is 4.98 Å². The maximum atomic E-state index is 5.77. The van der Waals surface area contributed by atoms with Crippen molar-refractivity contribution >= 4 is 17.3 Å². The van der Waals surface area contributed by atoms with Gasteiger partial charge in [0.2, 0.25) is 0 Å². The molecule has 1 fully saturated rings. The quantitative estimate of drug-likeness (QED) is 0.568. The van der Waals surface area contributed by atoms with Gasteiger partial charge in [-0.2, -0.15) is 0 Å².